The van der Waals surface area contributed by atoms with Crippen molar-refractivity contribution in [3.63, 3.8) is 0 Å². The van der Waals surface area contributed by atoms with Gasteiger partial charge in [-0.05, 0) is 140 Å². The number of nitrogens with zero attached hydrogens (tertiary/aromatic N) is 2. The number of rotatable bonds is 9. The number of hydrogen-bond acceptors (Lipinski definition) is 5. The van der Waals surface area contributed by atoms with Crippen LogP contribution in [0, 0.1) is 6.92 Å². The maximum absolute atomic E-state index is 11.8. The first kappa shape index (κ1) is 41.7. The van der Waals surface area contributed by atoms with Gasteiger partial charge in [-0.1, -0.05) is 134 Å². The molecule has 0 unspecified atom stereocenters. The number of fused-ring (bicyclic) bond motifs is 8. The summed E-state index contributed by atoms with van der Waals surface area (Å²) < 4.78 is 14.2. The van der Waals surface area contributed by atoms with Gasteiger partial charge < -0.3 is 23.7 Å². The molecule has 69 heavy (non-hydrogen) atoms. The van der Waals surface area contributed by atoms with E-state index in [9.17, 15) is 5.11 Å². The lowest BCUT2D eigenvalue weighted by atomic mass is 9.92. The maximum Gasteiger partial charge on any atom is 0.159 e. The van der Waals surface area contributed by atoms with E-state index in [4.69, 9.17) is 8.83 Å². The molecule has 0 spiro atoms. The Morgan fingerprint density at radius 2 is 1.17 bits per heavy atom. The molecule has 2 saturated carbocycles. The van der Waals surface area contributed by atoms with Crippen LogP contribution in [0.15, 0.2) is 184 Å². The van der Waals surface area contributed by atoms with E-state index in [1.54, 1.807) is 0 Å². The van der Waals surface area contributed by atoms with Gasteiger partial charge in [-0.25, -0.2) is 0 Å². The van der Waals surface area contributed by atoms with E-state index >= 15 is 0 Å². The smallest absolute Gasteiger partial charge is 0.159 e. The summed E-state index contributed by atoms with van der Waals surface area (Å²) >= 11 is 0. The van der Waals surface area contributed by atoms with Crippen molar-refractivity contribution in [2.45, 2.75) is 89.9 Å². The Hall–Kier alpha value is -7.50. The summed E-state index contributed by atoms with van der Waals surface area (Å²) in [5, 5.41) is 18.6. The van der Waals surface area contributed by atoms with Crippen molar-refractivity contribution in [2.24, 2.45) is 0 Å². The minimum absolute atomic E-state index is 0.411. The van der Waals surface area contributed by atoms with Crippen molar-refractivity contribution in [3.05, 3.63) is 192 Å². The van der Waals surface area contributed by atoms with E-state index in [1.807, 2.05) is 0 Å². The second-order valence-electron chi connectivity index (χ2n) is 20.0. The molecule has 340 valence electrons. The van der Waals surface area contributed by atoms with Crippen LogP contribution >= 0.6 is 0 Å². The summed E-state index contributed by atoms with van der Waals surface area (Å²) in [6.45, 7) is 4.38. The van der Waals surface area contributed by atoms with Gasteiger partial charge in [-0.15, -0.1) is 0 Å². The van der Waals surface area contributed by atoms with Crippen LogP contribution in [0.5, 0.6) is 5.75 Å². The lowest BCUT2D eigenvalue weighted by Crippen LogP contribution is -2.17. The standard InChI is InChI=1S/C64H56N2O3/c1-40-15-9-22-45(35-40)65(57-32-14-31-55-54-30-13-29-51(43-19-5-6-20-43)63(54)69-64(55)57)48-33-34-56-59(38-48)68-60-39-58(52-25-7-8-26-53(52)61(56)60)66(46-23-10-16-41(2)36-46)47-24-11-21-44(37-47)50-28-12-27-49(62(50)67)42-17-3-4-18-42/h7-9,11-15,21-39,42-43,67H,3-6,10,16-20H2,1-2H3. The van der Waals surface area contributed by atoms with Crippen LogP contribution in [0.25, 0.3) is 65.8 Å². The highest BCUT2D eigenvalue weighted by atomic mass is 16.3. The van der Waals surface area contributed by atoms with Crippen LogP contribution in [0.1, 0.15) is 99.7 Å². The number of phenolic OH excluding ortho intramolecular Hbond substituents is 1. The number of furan rings is 2. The highest BCUT2D eigenvalue weighted by molar-refractivity contribution is 6.23. The molecule has 0 bridgehead atoms. The predicted molar refractivity (Wildman–Crippen MR) is 287 cm³/mol. The molecular weight excluding hydrogens is 845 g/mol. The van der Waals surface area contributed by atoms with Gasteiger partial charge >= 0.3 is 0 Å². The zero-order valence-corrected chi connectivity index (χ0v) is 39.5. The lowest BCUT2D eigenvalue weighted by molar-refractivity contribution is 0.463. The van der Waals surface area contributed by atoms with E-state index in [-0.39, 0.29) is 0 Å². The molecule has 5 nitrogen and oxygen atoms in total. The second-order valence-corrected chi connectivity index (χ2v) is 20.0. The molecule has 0 amide bonds. The molecular formula is C64H56N2O3. The zero-order chi connectivity index (χ0) is 46.2. The minimum atomic E-state index is 0.411. The molecule has 2 heterocycles. The second kappa shape index (κ2) is 16.9. The number of phenols is 1. The first-order valence-corrected chi connectivity index (χ1v) is 25.2. The summed E-state index contributed by atoms with van der Waals surface area (Å²) in [6.07, 6.45) is 16.4. The van der Waals surface area contributed by atoms with Gasteiger partial charge in [0, 0.05) is 61.7 Å². The molecule has 1 N–H and O–H groups in total. The summed E-state index contributed by atoms with van der Waals surface area (Å²) in [4.78, 5) is 4.74. The van der Waals surface area contributed by atoms with Crippen LogP contribution in [-0.4, -0.2) is 5.11 Å². The number of allylic oxidation sites excluding steroid dienone is 3. The third-order valence-corrected chi connectivity index (χ3v) is 15.6. The Balaban J connectivity index is 0.977. The average molecular weight is 901 g/mol. The predicted octanol–water partition coefficient (Wildman–Crippen LogP) is 18.9. The Morgan fingerprint density at radius 3 is 1.97 bits per heavy atom. The Labute approximate surface area is 403 Å². The van der Waals surface area contributed by atoms with Crippen molar-refractivity contribution in [2.75, 3.05) is 9.80 Å². The summed E-state index contributed by atoms with van der Waals surface area (Å²) in [5.41, 5.74) is 16.6. The molecule has 8 aromatic carbocycles. The first-order chi connectivity index (χ1) is 33.9. The molecule has 0 radical (unpaired) electrons. The van der Waals surface area contributed by atoms with Gasteiger partial charge in [0.25, 0.3) is 0 Å². The molecule has 3 aliphatic carbocycles. The third-order valence-electron chi connectivity index (χ3n) is 15.6. The highest BCUT2D eigenvalue weighted by Gasteiger charge is 2.27. The van der Waals surface area contributed by atoms with E-state index in [0.29, 0.717) is 17.6 Å². The van der Waals surface area contributed by atoms with E-state index in [2.05, 4.69) is 187 Å². The van der Waals surface area contributed by atoms with E-state index in [0.717, 1.165) is 126 Å². The van der Waals surface area contributed by atoms with E-state index < -0.39 is 0 Å². The molecule has 13 rings (SSSR count). The van der Waals surface area contributed by atoms with Crippen molar-refractivity contribution in [1.29, 1.82) is 0 Å². The molecule has 0 aliphatic heterocycles. The average Bonchev–Trinajstić information content (AvgIpc) is 4.22. The van der Waals surface area contributed by atoms with Crippen LogP contribution in [-0.2, 0) is 0 Å². The normalized spacial score (nSPS) is 15.8. The van der Waals surface area contributed by atoms with Crippen LogP contribution in [0.4, 0.5) is 28.4 Å². The number of hydrogen-bond donors (Lipinski definition) is 1. The molecule has 3 aliphatic rings. The van der Waals surface area contributed by atoms with Gasteiger partial charge in [0.2, 0.25) is 0 Å². The third kappa shape index (κ3) is 7.12. The van der Waals surface area contributed by atoms with Crippen LogP contribution < -0.4 is 9.80 Å². The van der Waals surface area contributed by atoms with Crippen molar-refractivity contribution in [3.8, 4) is 16.9 Å². The molecule has 0 atom stereocenters. The molecule has 2 aromatic heterocycles. The Bertz CT molecular complexity index is 3700. The fraction of sp³-hybridized carbons (Fsp3) is 0.219. The SMILES string of the molecule is CC1=CC(N(c2cccc(-c3cccc(C4CCCC4)c3O)c2)c2cc3oc4cc(N(c5cccc(C)c5)c5cccc6c5oc5c(C7CCCC7)cccc56)ccc4c3c3ccccc23)=CCC1. The largest absolute Gasteiger partial charge is 0.507 e. The number of benzene rings is 8. The van der Waals surface area contributed by atoms with Gasteiger partial charge in [-0.3, -0.25) is 0 Å². The molecule has 0 saturated heterocycles. The fourth-order valence-electron chi connectivity index (χ4n) is 12.3. The van der Waals surface area contributed by atoms with Gasteiger partial charge in [0.05, 0.1) is 17.1 Å². The molecule has 5 heteroatoms. The minimum Gasteiger partial charge on any atom is -0.507 e. The maximum atomic E-state index is 11.8. The monoisotopic (exact) mass is 900 g/mol. The van der Waals surface area contributed by atoms with Crippen molar-refractivity contribution >= 4 is 83.1 Å². The van der Waals surface area contributed by atoms with Gasteiger partial charge in [-0.2, -0.15) is 0 Å². The van der Waals surface area contributed by atoms with Gasteiger partial charge in [0.1, 0.15) is 22.5 Å². The Morgan fingerprint density at radius 1 is 0.507 bits per heavy atom. The summed E-state index contributed by atoms with van der Waals surface area (Å²) in [5.74, 6) is 1.36. The van der Waals surface area contributed by atoms with Crippen LogP contribution in [0.2, 0.25) is 0 Å². The summed E-state index contributed by atoms with van der Waals surface area (Å²) in [7, 11) is 0. The number of aryl methyl sites for hydroxylation is 1. The highest BCUT2D eigenvalue weighted by Crippen LogP contribution is 2.49. The topological polar surface area (TPSA) is 53.0 Å². The molecule has 2 fully saturated rings. The Kier molecular flexibility index (Phi) is 10.2. The van der Waals surface area contributed by atoms with Crippen LogP contribution in [0.3, 0.4) is 0 Å². The lowest BCUT2D eigenvalue weighted by Gasteiger charge is -2.30. The number of anilines is 5. The van der Waals surface area contributed by atoms with Crippen molar-refractivity contribution in [1.82, 2.24) is 0 Å². The van der Waals surface area contributed by atoms with E-state index in [1.165, 1.54) is 60.6 Å². The summed E-state index contributed by atoms with van der Waals surface area (Å²) in [6, 6.07) is 54.7. The first-order valence-electron chi connectivity index (χ1n) is 25.2. The number of aromatic hydroxyl groups is 1. The zero-order valence-electron chi connectivity index (χ0n) is 39.5. The fourth-order valence-corrected chi connectivity index (χ4v) is 12.3. The van der Waals surface area contributed by atoms with Gasteiger partial charge in [0.15, 0.2) is 5.58 Å². The quantitative estimate of drug-likeness (QED) is 0.156. The van der Waals surface area contributed by atoms with Crippen molar-refractivity contribution < 1.29 is 13.9 Å². The number of para-hydroxylation sites is 3. The molecule has 10 aromatic rings.